The van der Waals surface area contributed by atoms with Crippen molar-refractivity contribution in [3.05, 3.63) is 102 Å². The second-order valence-corrected chi connectivity index (χ2v) is 13.9. The molecule has 51 heavy (non-hydrogen) atoms. The summed E-state index contributed by atoms with van der Waals surface area (Å²) in [5, 5.41) is 10.7. The number of piperidine rings is 2. The van der Waals surface area contributed by atoms with Crippen molar-refractivity contribution in [1.82, 2.24) is 29.8 Å². The highest BCUT2D eigenvalue weighted by Crippen LogP contribution is 2.36. The number of imide groups is 1. The smallest absolute Gasteiger partial charge is 0.249 e. The van der Waals surface area contributed by atoms with E-state index >= 15 is 0 Å². The van der Waals surface area contributed by atoms with Crippen molar-refractivity contribution in [1.29, 1.82) is 0 Å². The summed E-state index contributed by atoms with van der Waals surface area (Å²) in [6.07, 6.45) is 6.73. The van der Waals surface area contributed by atoms with Gasteiger partial charge in [0.1, 0.15) is 29.2 Å². The van der Waals surface area contributed by atoms with Gasteiger partial charge in [-0.2, -0.15) is 0 Å². The Morgan fingerprint density at radius 3 is 2.55 bits per heavy atom. The Morgan fingerprint density at radius 2 is 1.75 bits per heavy atom. The van der Waals surface area contributed by atoms with Crippen LogP contribution in [-0.4, -0.2) is 75.1 Å². The number of hydrogen-bond acceptors (Lipinski definition) is 9. The molecule has 11 nitrogen and oxygen atoms in total. The summed E-state index contributed by atoms with van der Waals surface area (Å²) in [5.41, 5.74) is 5.47. The molecule has 0 radical (unpaired) electrons. The summed E-state index contributed by atoms with van der Waals surface area (Å²) < 4.78 is 15.9. The molecule has 3 aliphatic heterocycles. The Balaban J connectivity index is 0.901. The van der Waals surface area contributed by atoms with Crippen LogP contribution in [0.15, 0.2) is 85.1 Å². The monoisotopic (exact) mass is 687 g/mol. The number of rotatable bonds is 9. The van der Waals surface area contributed by atoms with Crippen molar-refractivity contribution in [3.63, 3.8) is 0 Å². The normalized spacial score (nSPS) is 20.0. The number of benzene rings is 2. The number of pyridine rings is 1. The van der Waals surface area contributed by atoms with Gasteiger partial charge in [-0.1, -0.05) is 30.3 Å². The third-order valence-corrected chi connectivity index (χ3v) is 10.5. The Kier molecular flexibility index (Phi) is 9.08. The molecule has 6 heterocycles. The maximum absolute atomic E-state index is 14.1. The van der Waals surface area contributed by atoms with Gasteiger partial charge in [-0.3, -0.25) is 19.8 Å². The van der Waals surface area contributed by atoms with Crippen LogP contribution in [0.2, 0.25) is 0 Å². The zero-order valence-corrected chi connectivity index (χ0v) is 28.7. The van der Waals surface area contributed by atoms with Gasteiger partial charge in [0, 0.05) is 44.3 Å². The maximum Gasteiger partial charge on any atom is 0.249 e. The summed E-state index contributed by atoms with van der Waals surface area (Å²) in [6.45, 7) is 3.51. The van der Waals surface area contributed by atoms with Crippen molar-refractivity contribution in [2.45, 2.75) is 63.2 Å². The predicted molar refractivity (Wildman–Crippen MR) is 195 cm³/mol. The molecule has 1 unspecified atom stereocenters. The molecule has 3 saturated heterocycles. The minimum atomic E-state index is -0.386. The highest BCUT2D eigenvalue weighted by atomic mass is 19.1. The molecule has 3 aromatic heterocycles. The number of halogens is 1. The fraction of sp³-hybridized carbons (Fsp3) is 0.359. The van der Waals surface area contributed by atoms with Crippen molar-refractivity contribution in [3.8, 4) is 11.4 Å². The molecule has 0 saturated carbocycles. The van der Waals surface area contributed by atoms with E-state index in [9.17, 15) is 14.0 Å². The van der Waals surface area contributed by atoms with Crippen LogP contribution >= 0.6 is 0 Å². The van der Waals surface area contributed by atoms with Gasteiger partial charge in [-0.25, -0.2) is 18.9 Å². The quantitative estimate of drug-likeness (QED) is 0.192. The number of carbonyl (C=O) groups excluding carboxylic acids is 2. The van der Waals surface area contributed by atoms with E-state index in [1.807, 2.05) is 47.1 Å². The van der Waals surface area contributed by atoms with Gasteiger partial charge >= 0.3 is 0 Å². The lowest BCUT2D eigenvalue weighted by Crippen LogP contribution is -2.47. The Hall–Kier alpha value is -5.36. The fourth-order valence-electron chi connectivity index (χ4n) is 7.73. The first-order chi connectivity index (χ1) is 24.9. The zero-order valence-electron chi connectivity index (χ0n) is 28.7. The standard InChI is InChI=1S/C39H42FN9O2/c1-46(25-26-10-12-29(13-11-26)42-32-14-17-38(50)44-39(32)51)30-18-21-47(22-19-30)36-9-3-7-31(43-36)34-24-41-35-15-16-37(45-49(34)35)48-20-4-8-33(48)27-5-2-6-28(40)23-27/h2-3,5-7,9-13,15-16,23-24,30,32-33,42H,4,8,14,17-22,25H2,1H3,(H,44,50,51)/t32?,33-/m1/s1. The molecule has 0 aliphatic carbocycles. The molecular formula is C39H42FN9O2. The zero-order chi connectivity index (χ0) is 34.9. The Bertz CT molecular complexity index is 2040. The molecule has 262 valence electrons. The summed E-state index contributed by atoms with van der Waals surface area (Å²) in [7, 11) is 2.18. The van der Waals surface area contributed by atoms with Gasteiger partial charge in [0.15, 0.2) is 5.65 Å². The molecule has 5 aromatic rings. The minimum absolute atomic E-state index is 0.0794. The van der Waals surface area contributed by atoms with E-state index in [-0.39, 0.29) is 29.7 Å². The van der Waals surface area contributed by atoms with Crippen LogP contribution in [-0.2, 0) is 16.1 Å². The average Bonchev–Trinajstić information content (AvgIpc) is 3.82. The first kappa shape index (κ1) is 32.8. The first-order valence-corrected chi connectivity index (χ1v) is 17.9. The molecule has 12 heteroatoms. The number of anilines is 3. The van der Waals surface area contributed by atoms with E-state index in [0.29, 0.717) is 18.9 Å². The average molecular weight is 688 g/mol. The maximum atomic E-state index is 14.1. The summed E-state index contributed by atoms with van der Waals surface area (Å²) in [6, 6.07) is 25.4. The number of amides is 2. The van der Waals surface area contributed by atoms with E-state index in [0.717, 1.165) is 91.8 Å². The van der Waals surface area contributed by atoms with Crippen molar-refractivity contribution >= 4 is 34.8 Å². The van der Waals surface area contributed by atoms with E-state index in [2.05, 4.69) is 61.6 Å². The van der Waals surface area contributed by atoms with Crippen LogP contribution in [0.25, 0.3) is 17.0 Å². The lowest BCUT2D eigenvalue weighted by molar-refractivity contribution is -0.133. The van der Waals surface area contributed by atoms with Crippen LogP contribution in [0.1, 0.15) is 55.7 Å². The lowest BCUT2D eigenvalue weighted by Gasteiger charge is -2.37. The minimum Gasteiger partial charge on any atom is -0.374 e. The van der Waals surface area contributed by atoms with Gasteiger partial charge in [-0.05, 0) is 98.8 Å². The van der Waals surface area contributed by atoms with Crippen molar-refractivity contribution < 1.29 is 14.0 Å². The second kappa shape index (κ2) is 14.1. The van der Waals surface area contributed by atoms with E-state index in [1.165, 1.54) is 11.6 Å². The Labute approximate surface area is 296 Å². The number of carbonyl (C=O) groups is 2. The largest absolute Gasteiger partial charge is 0.374 e. The third-order valence-electron chi connectivity index (χ3n) is 10.5. The van der Waals surface area contributed by atoms with E-state index in [1.54, 1.807) is 12.1 Å². The molecule has 3 aliphatic rings. The molecule has 2 amide bonds. The van der Waals surface area contributed by atoms with Gasteiger partial charge in [0.2, 0.25) is 11.8 Å². The number of hydrogen-bond donors (Lipinski definition) is 2. The van der Waals surface area contributed by atoms with Crippen LogP contribution in [0.4, 0.5) is 21.7 Å². The highest BCUT2D eigenvalue weighted by Gasteiger charge is 2.29. The van der Waals surface area contributed by atoms with Crippen LogP contribution in [0, 0.1) is 5.82 Å². The second-order valence-electron chi connectivity index (χ2n) is 13.9. The van der Waals surface area contributed by atoms with Gasteiger partial charge < -0.3 is 15.1 Å². The molecule has 8 rings (SSSR count). The predicted octanol–water partition coefficient (Wildman–Crippen LogP) is 5.59. The summed E-state index contributed by atoms with van der Waals surface area (Å²) >= 11 is 0. The van der Waals surface area contributed by atoms with Gasteiger partial charge in [0.05, 0.1) is 17.9 Å². The number of nitrogens with one attached hydrogen (secondary N) is 2. The van der Waals surface area contributed by atoms with Crippen LogP contribution in [0.5, 0.6) is 0 Å². The Morgan fingerprint density at radius 1 is 0.922 bits per heavy atom. The molecule has 0 bridgehead atoms. The van der Waals surface area contributed by atoms with Gasteiger partial charge in [-0.15, -0.1) is 5.10 Å². The van der Waals surface area contributed by atoms with Crippen LogP contribution in [0.3, 0.4) is 0 Å². The lowest BCUT2D eigenvalue weighted by atomic mass is 10.0. The van der Waals surface area contributed by atoms with E-state index in [4.69, 9.17) is 10.1 Å². The third kappa shape index (κ3) is 7.01. The SMILES string of the molecule is CN(Cc1ccc(NC2CCC(=O)NC2=O)cc1)C1CCN(c2cccc(-c3cnc4ccc(N5CCC[C@@H]5c5cccc(F)c5)nn34)n2)CC1. The molecule has 3 fully saturated rings. The first-order valence-electron chi connectivity index (χ1n) is 17.9. The molecule has 2 atom stereocenters. The highest BCUT2D eigenvalue weighted by molar-refractivity contribution is 6.01. The summed E-state index contributed by atoms with van der Waals surface area (Å²) in [4.78, 5) is 40.3. The van der Waals surface area contributed by atoms with Crippen molar-refractivity contribution in [2.75, 3.05) is 41.8 Å². The van der Waals surface area contributed by atoms with E-state index < -0.39 is 0 Å². The number of imidazole rings is 1. The number of fused-ring (bicyclic) bond motifs is 1. The van der Waals surface area contributed by atoms with Gasteiger partial charge in [0.25, 0.3) is 0 Å². The molecular weight excluding hydrogens is 645 g/mol. The fourth-order valence-corrected chi connectivity index (χ4v) is 7.73. The van der Waals surface area contributed by atoms with Crippen LogP contribution < -0.4 is 20.4 Å². The molecule has 2 N–H and O–H groups in total. The topological polar surface area (TPSA) is 111 Å². The number of nitrogens with zero attached hydrogens (tertiary/aromatic N) is 7. The molecule has 2 aromatic carbocycles. The number of aromatic nitrogens is 4. The van der Waals surface area contributed by atoms with Crippen molar-refractivity contribution in [2.24, 2.45) is 0 Å². The molecule has 0 spiro atoms. The summed E-state index contributed by atoms with van der Waals surface area (Å²) in [5.74, 6) is 1.10.